The summed E-state index contributed by atoms with van der Waals surface area (Å²) in [5.74, 6) is -1.06. The van der Waals surface area contributed by atoms with Gasteiger partial charge in [0.05, 0.1) is 5.60 Å². The van der Waals surface area contributed by atoms with Crippen molar-refractivity contribution in [3.05, 3.63) is 89.1 Å². The van der Waals surface area contributed by atoms with E-state index in [-0.39, 0.29) is 23.6 Å². The number of benzene rings is 2. The lowest BCUT2D eigenvalue weighted by molar-refractivity contribution is 0.0781. The lowest BCUT2D eigenvalue weighted by Gasteiger charge is -2.18. The number of nitrogens with zero attached hydrogens (tertiary/aromatic N) is 1. The van der Waals surface area contributed by atoms with E-state index in [2.05, 4.69) is 10.3 Å². The Morgan fingerprint density at radius 2 is 1.86 bits per heavy atom. The van der Waals surface area contributed by atoms with Crippen molar-refractivity contribution in [2.75, 3.05) is 0 Å². The van der Waals surface area contributed by atoms with Crippen LogP contribution in [0.4, 0.5) is 8.78 Å². The van der Waals surface area contributed by atoms with Gasteiger partial charge >= 0.3 is 0 Å². The van der Waals surface area contributed by atoms with Crippen molar-refractivity contribution in [2.24, 2.45) is 0 Å². The average Bonchev–Trinajstić information content (AvgIpc) is 2.68. The molecule has 0 fully saturated rings. The zero-order chi connectivity index (χ0) is 21.0. The summed E-state index contributed by atoms with van der Waals surface area (Å²) in [5, 5.41) is 12.6. The lowest BCUT2D eigenvalue weighted by Crippen LogP contribution is -2.24. The van der Waals surface area contributed by atoms with Crippen LogP contribution in [0.2, 0.25) is 0 Å². The van der Waals surface area contributed by atoms with Crippen LogP contribution in [0.3, 0.4) is 0 Å². The number of hydrogen-bond donors (Lipinski definition) is 2. The quantitative estimate of drug-likeness (QED) is 0.649. The number of halogens is 2. The third-order valence-electron chi connectivity index (χ3n) is 4.24. The molecule has 1 amide bonds. The molecule has 0 radical (unpaired) electrons. The van der Waals surface area contributed by atoms with Crippen LogP contribution in [-0.2, 0) is 12.1 Å². The lowest BCUT2D eigenvalue weighted by atomic mass is 9.97. The average molecular weight is 398 g/mol. The summed E-state index contributed by atoms with van der Waals surface area (Å²) in [4.78, 5) is 16.6. The summed E-state index contributed by atoms with van der Waals surface area (Å²) in [6, 6.07) is 12.8. The van der Waals surface area contributed by atoms with Gasteiger partial charge in [-0.15, -0.1) is 0 Å². The second-order valence-corrected chi connectivity index (χ2v) is 6.96. The molecule has 0 atom stereocenters. The molecule has 0 aliphatic rings. The highest BCUT2D eigenvalue weighted by Crippen LogP contribution is 2.24. The van der Waals surface area contributed by atoms with Crippen molar-refractivity contribution in [3.63, 3.8) is 0 Å². The molecule has 0 aliphatic heterocycles. The molecule has 1 aromatic heterocycles. The SMILES string of the molecule is CC(C)(O)c1ccc(CNC(=O)c2cccnc2Oc2ccc(F)cc2)c(F)c1. The van der Waals surface area contributed by atoms with E-state index in [0.29, 0.717) is 11.3 Å². The number of rotatable bonds is 6. The Morgan fingerprint density at radius 1 is 1.14 bits per heavy atom. The minimum atomic E-state index is -1.16. The Balaban J connectivity index is 1.72. The number of pyridine rings is 1. The normalized spacial score (nSPS) is 11.2. The topological polar surface area (TPSA) is 71.5 Å². The van der Waals surface area contributed by atoms with Gasteiger partial charge in [-0.05, 0) is 61.9 Å². The predicted octanol–water partition coefficient (Wildman–Crippen LogP) is 4.31. The molecule has 2 aromatic carbocycles. The number of carbonyl (C=O) groups is 1. The first-order valence-electron chi connectivity index (χ1n) is 8.92. The second kappa shape index (κ2) is 8.36. The number of aromatic nitrogens is 1. The molecule has 1 heterocycles. The van der Waals surface area contributed by atoms with E-state index in [1.165, 1.54) is 48.7 Å². The molecule has 150 valence electrons. The third kappa shape index (κ3) is 5.14. The van der Waals surface area contributed by atoms with Crippen molar-refractivity contribution >= 4 is 5.91 Å². The van der Waals surface area contributed by atoms with Gasteiger partial charge in [0.15, 0.2) is 0 Å². The van der Waals surface area contributed by atoms with Crippen LogP contribution >= 0.6 is 0 Å². The second-order valence-electron chi connectivity index (χ2n) is 6.96. The molecule has 29 heavy (non-hydrogen) atoms. The third-order valence-corrected chi connectivity index (χ3v) is 4.24. The van der Waals surface area contributed by atoms with Crippen molar-refractivity contribution in [2.45, 2.75) is 26.0 Å². The molecule has 2 N–H and O–H groups in total. The molecule has 0 saturated carbocycles. The molecule has 3 rings (SSSR count). The number of carbonyl (C=O) groups excluding carboxylic acids is 1. The number of aliphatic hydroxyl groups is 1. The maximum absolute atomic E-state index is 14.3. The number of ether oxygens (including phenoxy) is 1. The molecular weight excluding hydrogens is 378 g/mol. The van der Waals surface area contributed by atoms with Gasteiger partial charge in [-0.3, -0.25) is 4.79 Å². The van der Waals surface area contributed by atoms with Crippen LogP contribution in [0.1, 0.15) is 35.3 Å². The van der Waals surface area contributed by atoms with E-state index in [9.17, 15) is 18.7 Å². The van der Waals surface area contributed by atoms with Gasteiger partial charge in [0, 0.05) is 18.3 Å². The predicted molar refractivity (Wildman–Crippen MR) is 104 cm³/mol. The maximum Gasteiger partial charge on any atom is 0.257 e. The van der Waals surface area contributed by atoms with Gasteiger partial charge < -0.3 is 15.2 Å². The molecule has 5 nitrogen and oxygen atoms in total. The zero-order valence-electron chi connectivity index (χ0n) is 15.9. The largest absolute Gasteiger partial charge is 0.438 e. The van der Waals surface area contributed by atoms with Crippen molar-refractivity contribution in [1.29, 1.82) is 0 Å². The Morgan fingerprint density at radius 3 is 2.52 bits per heavy atom. The van der Waals surface area contributed by atoms with E-state index in [1.807, 2.05) is 0 Å². The van der Waals surface area contributed by atoms with Crippen LogP contribution in [-0.4, -0.2) is 16.0 Å². The fraction of sp³-hybridized carbons (Fsp3) is 0.182. The molecule has 0 spiro atoms. The zero-order valence-corrected chi connectivity index (χ0v) is 15.9. The molecule has 0 unspecified atom stereocenters. The van der Waals surface area contributed by atoms with Gasteiger partial charge in [-0.1, -0.05) is 12.1 Å². The smallest absolute Gasteiger partial charge is 0.257 e. The first kappa shape index (κ1) is 20.4. The standard InChI is InChI=1S/C22H20F2N2O3/c1-22(2,28)15-6-5-14(19(24)12-15)13-26-20(27)18-4-3-11-25-21(18)29-17-9-7-16(23)8-10-17/h3-12,28H,13H2,1-2H3,(H,26,27). The van der Waals surface area contributed by atoms with Crippen LogP contribution in [0.25, 0.3) is 0 Å². The van der Waals surface area contributed by atoms with Gasteiger partial charge in [0.2, 0.25) is 5.88 Å². The van der Waals surface area contributed by atoms with Crippen molar-refractivity contribution in [1.82, 2.24) is 10.3 Å². The summed E-state index contributed by atoms with van der Waals surface area (Å²) < 4.78 is 32.9. The van der Waals surface area contributed by atoms with Crippen LogP contribution in [0.5, 0.6) is 11.6 Å². The summed E-state index contributed by atoms with van der Waals surface area (Å²) in [6.45, 7) is 3.07. The van der Waals surface area contributed by atoms with Gasteiger partial charge in [0.25, 0.3) is 5.91 Å². The van der Waals surface area contributed by atoms with E-state index in [1.54, 1.807) is 26.0 Å². The van der Waals surface area contributed by atoms with E-state index in [0.717, 1.165) is 0 Å². The summed E-state index contributed by atoms with van der Waals surface area (Å²) in [6.07, 6.45) is 1.46. The van der Waals surface area contributed by atoms with E-state index in [4.69, 9.17) is 4.74 Å². The number of hydrogen-bond acceptors (Lipinski definition) is 4. The molecule has 7 heteroatoms. The fourth-order valence-electron chi connectivity index (χ4n) is 2.60. The highest BCUT2D eigenvalue weighted by Gasteiger charge is 2.19. The molecule has 0 bridgehead atoms. The van der Waals surface area contributed by atoms with E-state index < -0.39 is 23.1 Å². The highest BCUT2D eigenvalue weighted by molar-refractivity contribution is 5.96. The van der Waals surface area contributed by atoms with Crippen LogP contribution in [0, 0.1) is 11.6 Å². The molecular formula is C22H20F2N2O3. The number of nitrogens with one attached hydrogen (secondary N) is 1. The van der Waals surface area contributed by atoms with Gasteiger partial charge in [-0.25, -0.2) is 13.8 Å². The van der Waals surface area contributed by atoms with Crippen molar-refractivity contribution < 1.29 is 23.4 Å². The fourth-order valence-corrected chi connectivity index (χ4v) is 2.60. The summed E-state index contributed by atoms with van der Waals surface area (Å²) in [7, 11) is 0. The first-order valence-corrected chi connectivity index (χ1v) is 8.92. The molecule has 0 saturated heterocycles. The van der Waals surface area contributed by atoms with Crippen LogP contribution < -0.4 is 10.1 Å². The number of amides is 1. The Kier molecular flexibility index (Phi) is 5.89. The summed E-state index contributed by atoms with van der Waals surface area (Å²) in [5.41, 5.74) is -0.292. The minimum Gasteiger partial charge on any atom is -0.438 e. The van der Waals surface area contributed by atoms with Crippen molar-refractivity contribution in [3.8, 4) is 11.6 Å². The Hall–Kier alpha value is -3.32. The monoisotopic (exact) mass is 398 g/mol. The Bertz CT molecular complexity index is 1020. The highest BCUT2D eigenvalue weighted by atomic mass is 19.1. The molecule has 0 aliphatic carbocycles. The van der Waals surface area contributed by atoms with Crippen LogP contribution in [0.15, 0.2) is 60.8 Å². The first-order chi connectivity index (χ1) is 13.7. The maximum atomic E-state index is 14.3. The van der Waals surface area contributed by atoms with E-state index >= 15 is 0 Å². The van der Waals surface area contributed by atoms with Gasteiger partial charge in [0.1, 0.15) is 22.9 Å². The van der Waals surface area contributed by atoms with Gasteiger partial charge in [-0.2, -0.15) is 0 Å². The summed E-state index contributed by atoms with van der Waals surface area (Å²) >= 11 is 0. The Labute approximate surface area is 167 Å². The molecule has 3 aromatic rings. The minimum absolute atomic E-state index is 0.0504.